The summed E-state index contributed by atoms with van der Waals surface area (Å²) in [6.45, 7) is 1.04. The zero-order valence-corrected chi connectivity index (χ0v) is 16.2. The van der Waals surface area contributed by atoms with Crippen LogP contribution in [0, 0.1) is 0 Å². The van der Waals surface area contributed by atoms with Crippen molar-refractivity contribution in [2.24, 2.45) is 0 Å². The Hall–Kier alpha value is -3.81. The first-order valence-electron chi connectivity index (χ1n) is 8.97. The van der Waals surface area contributed by atoms with Gasteiger partial charge in [-0.15, -0.1) is 0 Å². The summed E-state index contributed by atoms with van der Waals surface area (Å²) in [6.07, 6.45) is 1.64. The molecule has 0 unspecified atom stereocenters. The molecule has 2 N–H and O–H groups in total. The molecule has 0 bridgehead atoms. The summed E-state index contributed by atoms with van der Waals surface area (Å²) in [6, 6.07) is 16.1. The van der Waals surface area contributed by atoms with E-state index in [1.807, 2.05) is 30.3 Å². The van der Waals surface area contributed by atoms with Crippen LogP contribution in [0.5, 0.6) is 11.5 Å². The fraction of sp³-hybridized carbons (Fsp3) is 0.190. The topological polar surface area (TPSA) is 94.6 Å². The van der Waals surface area contributed by atoms with Crippen LogP contribution < -0.4 is 20.1 Å². The van der Waals surface area contributed by atoms with Crippen LogP contribution in [0.15, 0.2) is 60.8 Å². The van der Waals surface area contributed by atoms with Crippen LogP contribution in [0.3, 0.4) is 0 Å². The van der Waals surface area contributed by atoms with E-state index in [0.29, 0.717) is 36.2 Å². The molecule has 0 amide bonds. The quantitative estimate of drug-likeness (QED) is 0.421. The number of nitrogens with one attached hydrogen (secondary N) is 2. The lowest BCUT2D eigenvalue weighted by Crippen LogP contribution is -2.13. The van der Waals surface area contributed by atoms with Crippen molar-refractivity contribution in [1.82, 2.24) is 9.97 Å². The summed E-state index contributed by atoms with van der Waals surface area (Å²) >= 11 is 0. The van der Waals surface area contributed by atoms with Crippen LogP contribution in [0.2, 0.25) is 0 Å². The first-order valence-corrected chi connectivity index (χ1v) is 8.97. The highest BCUT2D eigenvalue weighted by Crippen LogP contribution is 2.18. The Bertz CT molecular complexity index is 947. The number of ether oxygens (including phenoxy) is 3. The van der Waals surface area contributed by atoms with E-state index in [-0.39, 0.29) is 0 Å². The molecule has 2 aromatic carbocycles. The van der Waals surface area contributed by atoms with Gasteiger partial charge in [0.2, 0.25) is 5.95 Å². The molecule has 0 aliphatic heterocycles. The standard InChI is InChI=1S/C21H22N4O4/c1-27-17-6-8-18(9-7-17)29-13-12-22-19-10-11-23-21(25-19)24-16-5-3-4-15(14-16)20(26)28-2/h3-11,14H,12-13H2,1-2H3,(H2,22,23,24,25). The maximum Gasteiger partial charge on any atom is 0.337 e. The van der Waals surface area contributed by atoms with Crippen LogP contribution in [0.1, 0.15) is 10.4 Å². The average Bonchev–Trinajstić information content (AvgIpc) is 2.77. The lowest BCUT2D eigenvalue weighted by atomic mass is 10.2. The van der Waals surface area contributed by atoms with Gasteiger partial charge < -0.3 is 24.8 Å². The molecule has 0 saturated carbocycles. The van der Waals surface area contributed by atoms with Gasteiger partial charge in [0.1, 0.15) is 23.9 Å². The van der Waals surface area contributed by atoms with Gasteiger partial charge in [0.05, 0.1) is 26.3 Å². The van der Waals surface area contributed by atoms with E-state index in [1.165, 1.54) is 7.11 Å². The zero-order chi connectivity index (χ0) is 20.5. The summed E-state index contributed by atoms with van der Waals surface area (Å²) in [5, 5.41) is 6.27. The van der Waals surface area contributed by atoms with Crippen LogP contribution in [0.4, 0.5) is 17.5 Å². The number of esters is 1. The van der Waals surface area contributed by atoms with E-state index in [4.69, 9.17) is 14.2 Å². The number of carbonyl (C=O) groups excluding carboxylic acids is 1. The van der Waals surface area contributed by atoms with Gasteiger partial charge >= 0.3 is 5.97 Å². The monoisotopic (exact) mass is 394 g/mol. The molecule has 29 heavy (non-hydrogen) atoms. The van der Waals surface area contributed by atoms with Gasteiger partial charge in [0.15, 0.2) is 0 Å². The molecule has 0 aliphatic carbocycles. The van der Waals surface area contributed by atoms with Gasteiger partial charge in [-0.05, 0) is 48.5 Å². The zero-order valence-electron chi connectivity index (χ0n) is 16.2. The van der Waals surface area contributed by atoms with Crippen molar-refractivity contribution < 1.29 is 19.0 Å². The van der Waals surface area contributed by atoms with Crippen molar-refractivity contribution in [3.05, 3.63) is 66.4 Å². The van der Waals surface area contributed by atoms with Gasteiger partial charge in [-0.1, -0.05) is 6.07 Å². The van der Waals surface area contributed by atoms with E-state index >= 15 is 0 Å². The normalized spacial score (nSPS) is 10.1. The molecule has 1 heterocycles. The van der Waals surface area contributed by atoms with Crippen molar-refractivity contribution >= 4 is 23.4 Å². The number of methoxy groups -OCH3 is 2. The van der Waals surface area contributed by atoms with Crippen molar-refractivity contribution in [2.75, 3.05) is 38.0 Å². The predicted molar refractivity (Wildman–Crippen MR) is 110 cm³/mol. The maximum absolute atomic E-state index is 11.6. The summed E-state index contributed by atoms with van der Waals surface area (Å²) in [4.78, 5) is 20.3. The Balaban J connectivity index is 1.52. The van der Waals surface area contributed by atoms with Crippen LogP contribution in [-0.4, -0.2) is 43.3 Å². The third-order valence-electron chi connectivity index (χ3n) is 3.93. The molecule has 8 nitrogen and oxygen atoms in total. The number of aromatic nitrogens is 2. The van der Waals surface area contributed by atoms with E-state index in [1.54, 1.807) is 37.6 Å². The molecule has 3 aromatic rings. The van der Waals surface area contributed by atoms with Gasteiger partial charge in [0.25, 0.3) is 0 Å². The summed E-state index contributed by atoms with van der Waals surface area (Å²) in [7, 11) is 2.97. The molecular formula is C21H22N4O4. The Kier molecular flexibility index (Phi) is 6.83. The van der Waals surface area contributed by atoms with E-state index in [0.717, 1.165) is 11.5 Å². The number of hydrogen-bond donors (Lipinski definition) is 2. The summed E-state index contributed by atoms with van der Waals surface area (Å²) in [5.41, 5.74) is 1.13. The molecule has 0 spiro atoms. The highest BCUT2D eigenvalue weighted by molar-refractivity contribution is 5.90. The molecule has 0 aliphatic rings. The lowest BCUT2D eigenvalue weighted by molar-refractivity contribution is 0.0601. The Morgan fingerprint density at radius 2 is 1.83 bits per heavy atom. The van der Waals surface area contributed by atoms with E-state index < -0.39 is 5.97 Å². The highest BCUT2D eigenvalue weighted by Gasteiger charge is 2.07. The minimum atomic E-state index is -0.401. The van der Waals surface area contributed by atoms with Crippen molar-refractivity contribution in [3.63, 3.8) is 0 Å². The molecule has 0 saturated heterocycles. The van der Waals surface area contributed by atoms with Crippen molar-refractivity contribution in [1.29, 1.82) is 0 Å². The second kappa shape index (κ2) is 9.93. The first kappa shape index (κ1) is 19.9. The fourth-order valence-corrected chi connectivity index (χ4v) is 2.51. The van der Waals surface area contributed by atoms with Crippen molar-refractivity contribution in [2.45, 2.75) is 0 Å². The average molecular weight is 394 g/mol. The van der Waals surface area contributed by atoms with Gasteiger partial charge in [-0.3, -0.25) is 0 Å². The lowest BCUT2D eigenvalue weighted by Gasteiger charge is -2.10. The summed E-state index contributed by atoms with van der Waals surface area (Å²) in [5.74, 6) is 2.22. The number of carbonyl (C=O) groups is 1. The first-order chi connectivity index (χ1) is 14.2. The Morgan fingerprint density at radius 3 is 2.59 bits per heavy atom. The van der Waals surface area contributed by atoms with Gasteiger partial charge in [-0.25, -0.2) is 9.78 Å². The molecule has 0 atom stereocenters. The predicted octanol–water partition coefficient (Wildman–Crippen LogP) is 3.51. The highest BCUT2D eigenvalue weighted by atomic mass is 16.5. The van der Waals surface area contributed by atoms with Crippen LogP contribution in [-0.2, 0) is 4.74 Å². The number of anilines is 3. The Morgan fingerprint density at radius 1 is 1.03 bits per heavy atom. The van der Waals surface area contributed by atoms with Crippen molar-refractivity contribution in [3.8, 4) is 11.5 Å². The third kappa shape index (κ3) is 5.83. The molecule has 0 radical (unpaired) electrons. The SMILES string of the molecule is COC(=O)c1cccc(Nc2nccc(NCCOc3ccc(OC)cc3)n2)c1. The number of hydrogen-bond acceptors (Lipinski definition) is 8. The molecular weight excluding hydrogens is 372 g/mol. The number of nitrogens with zero attached hydrogens (tertiary/aromatic N) is 2. The van der Waals surface area contributed by atoms with Crippen LogP contribution in [0.25, 0.3) is 0 Å². The number of benzene rings is 2. The summed E-state index contributed by atoms with van der Waals surface area (Å²) < 4.78 is 15.5. The molecule has 3 rings (SSSR count). The van der Waals surface area contributed by atoms with Gasteiger partial charge in [0, 0.05) is 11.9 Å². The fourth-order valence-electron chi connectivity index (χ4n) is 2.51. The molecule has 150 valence electrons. The molecule has 8 heteroatoms. The molecule has 1 aromatic heterocycles. The van der Waals surface area contributed by atoms with E-state index in [9.17, 15) is 4.79 Å². The minimum absolute atomic E-state index is 0.401. The largest absolute Gasteiger partial charge is 0.497 e. The third-order valence-corrected chi connectivity index (χ3v) is 3.93. The second-order valence-electron chi connectivity index (χ2n) is 5.91. The number of rotatable bonds is 9. The molecule has 0 fully saturated rings. The smallest absolute Gasteiger partial charge is 0.337 e. The van der Waals surface area contributed by atoms with E-state index in [2.05, 4.69) is 20.6 Å². The minimum Gasteiger partial charge on any atom is -0.497 e. The maximum atomic E-state index is 11.6. The van der Waals surface area contributed by atoms with Crippen LogP contribution >= 0.6 is 0 Å². The van der Waals surface area contributed by atoms with Gasteiger partial charge in [-0.2, -0.15) is 4.98 Å². The second-order valence-corrected chi connectivity index (χ2v) is 5.91. The Labute approximate surface area is 168 Å².